The Morgan fingerprint density at radius 3 is 2.79 bits per heavy atom. The molecule has 0 atom stereocenters. The molecule has 104 valence electrons. The molecular weight excluding hydrogens is 238 g/mol. The highest BCUT2D eigenvalue weighted by Gasteiger charge is 2.11. The van der Waals surface area contributed by atoms with Crippen molar-refractivity contribution in [2.45, 2.75) is 46.7 Å². The number of aryl methyl sites for hydroxylation is 1. The average molecular weight is 261 g/mol. The second-order valence-electron chi connectivity index (χ2n) is 5.19. The molecule has 3 nitrogen and oxygen atoms in total. The molecule has 0 spiro atoms. The molecule has 0 saturated carbocycles. The van der Waals surface area contributed by atoms with Crippen LogP contribution in [-0.4, -0.2) is 12.6 Å². The largest absolute Gasteiger partial charge is 0.494 e. The number of hydrogen-bond acceptors (Lipinski definition) is 3. The number of hydrogen-bond donors (Lipinski definition) is 1. The number of furan rings is 1. The molecule has 1 N–H and O–H groups in total. The van der Waals surface area contributed by atoms with Crippen LogP contribution in [0.2, 0.25) is 0 Å². The second-order valence-corrected chi connectivity index (χ2v) is 5.19. The maximum Gasteiger partial charge on any atom is 0.134 e. The molecule has 19 heavy (non-hydrogen) atoms. The van der Waals surface area contributed by atoms with E-state index in [0.29, 0.717) is 6.04 Å². The van der Waals surface area contributed by atoms with E-state index < -0.39 is 0 Å². The first-order valence-corrected chi connectivity index (χ1v) is 7.00. The lowest BCUT2D eigenvalue weighted by molar-refractivity contribution is 0.318. The summed E-state index contributed by atoms with van der Waals surface area (Å²) in [4.78, 5) is 0. The predicted molar refractivity (Wildman–Crippen MR) is 78.7 cm³/mol. The van der Waals surface area contributed by atoms with Crippen molar-refractivity contribution in [1.82, 2.24) is 5.32 Å². The van der Waals surface area contributed by atoms with Crippen molar-refractivity contribution in [1.29, 1.82) is 0 Å². The molecule has 2 aromatic rings. The van der Waals surface area contributed by atoms with Crippen molar-refractivity contribution in [3.8, 4) is 5.75 Å². The summed E-state index contributed by atoms with van der Waals surface area (Å²) in [5, 5.41) is 4.53. The Morgan fingerprint density at radius 1 is 1.32 bits per heavy atom. The van der Waals surface area contributed by atoms with Gasteiger partial charge in [-0.25, -0.2) is 0 Å². The molecule has 0 aliphatic heterocycles. The summed E-state index contributed by atoms with van der Waals surface area (Å²) < 4.78 is 11.6. The van der Waals surface area contributed by atoms with E-state index in [0.717, 1.165) is 42.1 Å². The standard InChI is InChI=1S/C16H23NO2/c1-5-8-18-13-6-7-15-14(9-13)12(4)16(19-15)10-17-11(2)3/h6-7,9,11,17H,5,8,10H2,1-4H3. The maximum atomic E-state index is 5.89. The van der Waals surface area contributed by atoms with Crippen LogP contribution in [0.3, 0.4) is 0 Å². The van der Waals surface area contributed by atoms with Crippen LogP contribution in [0.1, 0.15) is 38.5 Å². The zero-order valence-corrected chi connectivity index (χ0v) is 12.2. The number of benzene rings is 1. The second kappa shape index (κ2) is 6.11. The first-order valence-electron chi connectivity index (χ1n) is 7.00. The van der Waals surface area contributed by atoms with Gasteiger partial charge in [-0.1, -0.05) is 20.8 Å². The van der Waals surface area contributed by atoms with Crippen molar-refractivity contribution < 1.29 is 9.15 Å². The summed E-state index contributed by atoms with van der Waals surface area (Å²) in [5.74, 6) is 1.93. The van der Waals surface area contributed by atoms with E-state index in [9.17, 15) is 0 Å². The van der Waals surface area contributed by atoms with E-state index >= 15 is 0 Å². The zero-order valence-electron chi connectivity index (χ0n) is 12.2. The van der Waals surface area contributed by atoms with Crippen LogP contribution < -0.4 is 10.1 Å². The fourth-order valence-corrected chi connectivity index (χ4v) is 2.03. The van der Waals surface area contributed by atoms with Gasteiger partial charge in [0, 0.05) is 11.4 Å². The van der Waals surface area contributed by atoms with Crippen LogP contribution in [0.15, 0.2) is 22.6 Å². The van der Waals surface area contributed by atoms with Crippen molar-refractivity contribution in [2.75, 3.05) is 6.61 Å². The van der Waals surface area contributed by atoms with Gasteiger partial charge in [-0.3, -0.25) is 0 Å². The van der Waals surface area contributed by atoms with E-state index in [1.807, 2.05) is 12.1 Å². The monoisotopic (exact) mass is 261 g/mol. The number of fused-ring (bicyclic) bond motifs is 1. The molecule has 3 heteroatoms. The van der Waals surface area contributed by atoms with E-state index in [2.05, 4.69) is 39.1 Å². The summed E-state index contributed by atoms with van der Waals surface area (Å²) in [7, 11) is 0. The summed E-state index contributed by atoms with van der Waals surface area (Å²) in [6, 6.07) is 6.49. The summed E-state index contributed by atoms with van der Waals surface area (Å²) >= 11 is 0. The van der Waals surface area contributed by atoms with Crippen molar-refractivity contribution in [3.63, 3.8) is 0 Å². The van der Waals surface area contributed by atoms with Gasteiger partial charge in [0.1, 0.15) is 17.1 Å². The highest BCUT2D eigenvalue weighted by molar-refractivity contribution is 5.83. The topological polar surface area (TPSA) is 34.4 Å². The molecule has 0 aliphatic rings. The molecular formula is C16H23NO2. The fourth-order valence-electron chi connectivity index (χ4n) is 2.03. The molecule has 0 radical (unpaired) electrons. The van der Waals surface area contributed by atoms with E-state index in [1.165, 1.54) is 5.56 Å². The Hall–Kier alpha value is -1.48. The lowest BCUT2D eigenvalue weighted by atomic mass is 10.1. The number of nitrogens with one attached hydrogen (secondary N) is 1. The first-order chi connectivity index (χ1) is 9.11. The van der Waals surface area contributed by atoms with E-state index in [-0.39, 0.29) is 0 Å². The lowest BCUT2D eigenvalue weighted by Gasteiger charge is -2.05. The lowest BCUT2D eigenvalue weighted by Crippen LogP contribution is -2.21. The van der Waals surface area contributed by atoms with Gasteiger partial charge in [0.15, 0.2) is 0 Å². The van der Waals surface area contributed by atoms with Crippen LogP contribution in [0.25, 0.3) is 11.0 Å². The minimum Gasteiger partial charge on any atom is -0.494 e. The molecule has 0 bridgehead atoms. The third kappa shape index (κ3) is 3.29. The molecule has 0 unspecified atom stereocenters. The van der Waals surface area contributed by atoms with Gasteiger partial charge in [-0.15, -0.1) is 0 Å². The van der Waals surface area contributed by atoms with E-state index in [1.54, 1.807) is 0 Å². The number of ether oxygens (including phenoxy) is 1. The third-order valence-corrected chi connectivity index (χ3v) is 3.15. The summed E-state index contributed by atoms with van der Waals surface area (Å²) in [6.07, 6.45) is 1.02. The normalized spacial score (nSPS) is 11.4. The molecule has 0 saturated heterocycles. The Bertz CT molecular complexity index is 543. The van der Waals surface area contributed by atoms with Crippen molar-refractivity contribution >= 4 is 11.0 Å². The van der Waals surface area contributed by atoms with Crippen LogP contribution in [-0.2, 0) is 6.54 Å². The van der Waals surface area contributed by atoms with Crippen LogP contribution in [0.4, 0.5) is 0 Å². The maximum absolute atomic E-state index is 5.89. The fraction of sp³-hybridized carbons (Fsp3) is 0.500. The van der Waals surface area contributed by atoms with Gasteiger partial charge >= 0.3 is 0 Å². The van der Waals surface area contributed by atoms with E-state index in [4.69, 9.17) is 9.15 Å². The highest BCUT2D eigenvalue weighted by atomic mass is 16.5. The minimum atomic E-state index is 0.455. The first kappa shape index (κ1) is 13.9. The Labute approximate surface area is 114 Å². The smallest absolute Gasteiger partial charge is 0.134 e. The zero-order chi connectivity index (χ0) is 13.8. The molecule has 0 aliphatic carbocycles. The van der Waals surface area contributed by atoms with Crippen molar-refractivity contribution in [3.05, 3.63) is 29.5 Å². The van der Waals surface area contributed by atoms with Gasteiger partial charge in [-0.2, -0.15) is 0 Å². The Kier molecular flexibility index (Phi) is 4.48. The van der Waals surface area contributed by atoms with Gasteiger partial charge in [0.25, 0.3) is 0 Å². The van der Waals surface area contributed by atoms with Crippen molar-refractivity contribution in [2.24, 2.45) is 0 Å². The van der Waals surface area contributed by atoms with Gasteiger partial charge in [0.05, 0.1) is 13.2 Å². The Balaban J connectivity index is 2.24. The Morgan fingerprint density at radius 2 is 2.11 bits per heavy atom. The molecule has 1 aromatic carbocycles. The van der Waals surface area contributed by atoms with Crippen LogP contribution in [0.5, 0.6) is 5.75 Å². The molecule has 0 fully saturated rings. The molecule has 1 heterocycles. The molecule has 2 rings (SSSR count). The third-order valence-electron chi connectivity index (χ3n) is 3.15. The van der Waals surface area contributed by atoms with Gasteiger partial charge in [0.2, 0.25) is 0 Å². The summed E-state index contributed by atoms with van der Waals surface area (Å²) in [5.41, 5.74) is 2.13. The number of rotatable bonds is 6. The van der Waals surface area contributed by atoms with Crippen LogP contribution in [0, 0.1) is 6.92 Å². The predicted octanol–water partition coefficient (Wildman–Crippen LogP) is 4.03. The summed E-state index contributed by atoms with van der Waals surface area (Å²) in [6.45, 7) is 10.0. The average Bonchev–Trinajstić information content (AvgIpc) is 2.71. The van der Waals surface area contributed by atoms with Gasteiger partial charge in [-0.05, 0) is 37.1 Å². The SMILES string of the molecule is CCCOc1ccc2oc(CNC(C)C)c(C)c2c1. The highest BCUT2D eigenvalue weighted by Crippen LogP contribution is 2.28. The van der Waals surface area contributed by atoms with Crippen LogP contribution >= 0.6 is 0 Å². The minimum absolute atomic E-state index is 0.455. The quantitative estimate of drug-likeness (QED) is 0.852. The molecule has 1 aromatic heterocycles. The molecule has 0 amide bonds. The van der Waals surface area contributed by atoms with Gasteiger partial charge < -0.3 is 14.5 Å².